The summed E-state index contributed by atoms with van der Waals surface area (Å²) in [6, 6.07) is 6.70. The van der Waals surface area contributed by atoms with Gasteiger partial charge in [-0.3, -0.25) is 0 Å². The largest absolute Gasteiger partial charge is 0.372 e. The van der Waals surface area contributed by atoms with Gasteiger partial charge in [0, 0.05) is 29.8 Å². The van der Waals surface area contributed by atoms with Gasteiger partial charge in [-0.1, -0.05) is 24.6 Å². The van der Waals surface area contributed by atoms with Crippen LogP contribution in [0.15, 0.2) is 18.2 Å². The molecule has 4 heteroatoms. The third-order valence-corrected chi connectivity index (χ3v) is 4.26. The molecule has 21 heavy (non-hydrogen) atoms. The topological polar surface area (TPSA) is 24.5 Å². The molecule has 0 radical (unpaired) electrons. The summed E-state index contributed by atoms with van der Waals surface area (Å²) in [5.74, 6) is 0. The molecule has 1 saturated heterocycles. The van der Waals surface area contributed by atoms with E-state index in [1.165, 1.54) is 11.3 Å². The van der Waals surface area contributed by atoms with Crippen molar-refractivity contribution in [2.75, 3.05) is 24.5 Å². The van der Waals surface area contributed by atoms with Gasteiger partial charge in [0.25, 0.3) is 0 Å². The van der Waals surface area contributed by atoms with Crippen LogP contribution < -0.4 is 10.2 Å². The number of nitrogens with one attached hydrogen (secondary N) is 1. The van der Waals surface area contributed by atoms with Crippen molar-refractivity contribution in [3.63, 3.8) is 0 Å². The van der Waals surface area contributed by atoms with Crippen LogP contribution in [0.5, 0.6) is 0 Å². The van der Waals surface area contributed by atoms with Gasteiger partial charge in [0.1, 0.15) is 0 Å². The first-order valence-corrected chi connectivity index (χ1v) is 8.32. The zero-order valence-corrected chi connectivity index (χ0v) is 14.3. The molecule has 118 valence electrons. The molecular formula is C17H27ClN2O. The van der Waals surface area contributed by atoms with E-state index < -0.39 is 0 Å². The van der Waals surface area contributed by atoms with Crippen molar-refractivity contribution in [3.8, 4) is 0 Å². The molecule has 0 amide bonds. The van der Waals surface area contributed by atoms with Crippen molar-refractivity contribution in [1.29, 1.82) is 0 Å². The van der Waals surface area contributed by atoms with Crippen molar-refractivity contribution in [2.24, 2.45) is 0 Å². The van der Waals surface area contributed by atoms with Crippen LogP contribution in [0, 0.1) is 0 Å². The summed E-state index contributed by atoms with van der Waals surface area (Å²) in [6.07, 6.45) is 1.65. The normalized spacial score (nSPS) is 24.1. The van der Waals surface area contributed by atoms with E-state index >= 15 is 0 Å². The second-order valence-electron chi connectivity index (χ2n) is 6.04. The Labute approximate surface area is 133 Å². The van der Waals surface area contributed by atoms with Crippen molar-refractivity contribution in [3.05, 3.63) is 28.8 Å². The molecule has 0 bridgehead atoms. The summed E-state index contributed by atoms with van der Waals surface area (Å²) >= 11 is 6.50. The SMILES string of the molecule is CCCNC(C)c1ccc(N2CC(C)OC(C)C2)cc1Cl. The summed E-state index contributed by atoms with van der Waals surface area (Å²) in [5.41, 5.74) is 2.36. The van der Waals surface area contributed by atoms with E-state index in [0.29, 0.717) is 0 Å². The minimum Gasteiger partial charge on any atom is -0.372 e. The minimum atomic E-state index is 0.261. The number of morpholine rings is 1. The molecule has 0 aromatic heterocycles. The molecule has 0 aliphatic carbocycles. The molecule has 3 atom stereocenters. The summed E-state index contributed by atoms with van der Waals surface area (Å²) in [5, 5.41) is 4.33. The average Bonchev–Trinajstić information content (AvgIpc) is 2.43. The van der Waals surface area contributed by atoms with Crippen LogP contribution in [-0.2, 0) is 4.74 Å². The summed E-state index contributed by atoms with van der Waals surface area (Å²) in [6.45, 7) is 11.4. The quantitative estimate of drug-likeness (QED) is 0.889. The first kappa shape index (κ1) is 16.6. The first-order chi connectivity index (χ1) is 10.0. The van der Waals surface area contributed by atoms with Gasteiger partial charge < -0.3 is 15.0 Å². The molecule has 1 aromatic carbocycles. The lowest BCUT2D eigenvalue weighted by molar-refractivity contribution is -0.00521. The van der Waals surface area contributed by atoms with Crippen LogP contribution in [0.2, 0.25) is 5.02 Å². The van der Waals surface area contributed by atoms with E-state index in [1.807, 2.05) is 0 Å². The highest BCUT2D eigenvalue weighted by Crippen LogP contribution is 2.29. The smallest absolute Gasteiger partial charge is 0.0726 e. The maximum Gasteiger partial charge on any atom is 0.0726 e. The minimum absolute atomic E-state index is 0.261. The van der Waals surface area contributed by atoms with Gasteiger partial charge in [0.15, 0.2) is 0 Å². The summed E-state index contributed by atoms with van der Waals surface area (Å²) in [4.78, 5) is 2.36. The Bertz CT molecular complexity index is 456. The molecular weight excluding hydrogens is 284 g/mol. The van der Waals surface area contributed by atoms with Gasteiger partial charge >= 0.3 is 0 Å². The lowest BCUT2D eigenvalue weighted by Crippen LogP contribution is -2.45. The van der Waals surface area contributed by atoms with Gasteiger partial charge in [-0.15, -0.1) is 0 Å². The Morgan fingerprint density at radius 2 is 2.00 bits per heavy atom. The predicted octanol–water partition coefficient (Wildman–Crippen LogP) is 4.01. The van der Waals surface area contributed by atoms with Gasteiger partial charge in [-0.2, -0.15) is 0 Å². The van der Waals surface area contributed by atoms with Crippen molar-refractivity contribution >= 4 is 17.3 Å². The fourth-order valence-electron chi connectivity index (χ4n) is 2.92. The van der Waals surface area contributed by atoms with Gasteiger partial charge in [-0.05, 0) is 51.4 Å². The van der Waals surface area contributed by atoms with E-state index in [1.54, 1.807) is 0 Å². The Hall–Kier alpha value is -0.770. The number of ether oxygens (including phenoxy) is 1. The lowest BCUT2D eigenvalue weighted by Gasteiger charge is -2.37. The Kier molecular flexibility index (Phi) is 5.91. The highest BCUT2D eigenvalue weighted by atomic mass is 35.5. The standard InChI is InChI=1S/C17H27ClN2O/c1-5-8-19-14(4)16-7-6-15(9-17(16)18)20-10-12(2)21-13(3)11-20/h6-7,9,12-14,19H,5,8,10-11H2,1-4H3. The van der Waals surface area contributed by atoms with Gasteiger partial charge in [-0.25, -0.2) is 0 Å². The van der Waals surface area contributed by atoms with Crippen LogP contribution in [-0.4, -0.2) is 31.8 Å². The molecule has 2 rings (SSSR count). The number of hydrogen-bond donors (Lipinski definition) is 1. The fourth-order valence-corrected chi connectivity index (χ4v) is 3.26. The molecule has 0 spiro atoms. The second-order valence-corrected chi connectivity index (χ2v) is 6.45. The van der Waals surface area contributed by atoms with Crippen LogP contribution in [0.1, 0.15) is 45.7 Å². The molecule has 1 N–H and O–H groups in total. The Morgan fingerprint density at radius 1 is 1.33 bits per heavy atom. The summed E-state index contributed by atoms with van der Waals surface area (Å²) < 4.78 is 5.79. The number of benzene rings is 1. The van der Waals surface area contributed by atoms with Crippen molar-refractivity contribution < 1.29 is 4.74 Å². The molecule has 1 heterocycles. The highest BCUT2D eigenvalue weighted by Gasteiger charge is 2.23. The van der Waals surface area contributed by atoms with Crippen LogP contribution in [0.25, 0.3) is 0 Å². The third kappa shape index (κ3) is 4.35. The van der Waals surface area contributed by atoms with Crippen molar-refractivity contribution in [2.45, 2.75) is 52.4 Å². The van der Waals surface area contributed by atoms with Gasteiger partial charge in [0.2, 0.25) is 0 Å². The van der Waals surface area contributed by atoms with E-state index in [0.717, 1.165) is 31.1 Å². The van der Waals surface area contributed by atoms with E-state index in [4.69, 9.17) is 16.3 Å². The van der Waals surface area contributed by atoms with E-state index in [2.05, 4.69) is 56.1 Å². The second kappa shape index (κ2) is 7.48. The molecule has 1 fully saturated rings. The van der Waals surface area contributed by atoms with E-state index in [-0.39, 0.29) is 18.2 Å². The maximum atomic E-state index is 6.50. The average molecular weight is 311 g/mol. The molecule has 0 saturated carbocycles. The Balaban J connectivity index is 2.11. The monoisotopic (exact) mass is 310 g/mol. The predicted molar refractivity (Wildman–Crippen MR) is 90.4 cm³/mol. The van der Waals surface area contributed by atoms with Gasteiger partial charge in [0.05, 0.1) is 12.2 Å². The number of nitrogens with zero attached hydrogens (tertiary/aromatic N) is 1. The zero-order valence-electron chi connectivity index (χ0n) is 13.5. The molecule has 3 unspecified atom stereocenters. The first-order valence-electron chi connectivity index (χ1n) is 7.94. The molecule has 1 aromatic rings. The number of hydrogen-bond acceptors (Lipinski definition) is 3. The Morgan fingerprint density at radius 3 is 2.57 bits per heavy atom. The molecule has 1 aliphatic heterocycles. The number of anilines is 1. The summed E-state index contributed by atoms with van der Waals surface area (Å²) in [7, 11) is 0. The van der Waals surface area contributed by atoms with Crippen LogP contribution in [0.4, 0.5) is 5.69 Å². The number of rotatable bonds is 5. The molecule has 3 nitrogen and oxygen atoms in total. The lowest BCUT2D eigenvalue weighted by atomic mass is 10.1. The van der Waals surface area contributed by atoms with E-state index in [9.17, 15) is 0 Å². The third-order valence-electron chi connectivity index (χ3n) is 3.94. The van der Waals surface area contributed by atoms with Crippen LogP contribution >= 0.6 is 11.6 Å². The van der Waals surface area contributed by atoms with Crippen molar-refractivity contribution in [1.82, 2.24) is 5.32 Å². The van der Waals surface area contributed by atoms with Crippen LogP contribution in [0.3, 0.4) is 0 Å². The number of halogens is 1. The maximum absolute atomic E-state index is 6.50. The zero-order chi connectivity index (χ0) is 15.4. The molecule has 1 aliphatic rings. The highest BCUT2D eigenvalue weighted by molar-refractivity contribution is 6.31. The fraction of sp³-hybridized carbons (Fsp3) is 0.647.